The summed E-state index contributed by atoms with van der Waals surface area (Å²) in [6.45, 7) is 0.878. The second-order valence-corrected chi connectivity index (χ2v) is 5.30. The molecule has 2 rings (SSSR count). The minimum absolute atomic E-state index is 0.0432. The molecule has 0 aliphatic heterocycles. The first kappa shape index (κ1) is 14.5. The number of carbonyl (C=O) groups is 2. The Morgan fingerprint density at radius 2 is 1.90 bits per heavy atom. The number of nitrogens with one attached hydrogen (secondary N) is 2. The summed E-state index contributed by atoms with van der Waals surface area (Å²) in [5, 5.41) is 5.51. The Morgan fingerprint density at radius 1 is 1.25 bits per heavy atom. The fourth-order valence-electron chi connectivity index (χ4n) is 2.42. The van der Waals surface area contributed by atoms with Crippen LogP contribution in [0.5, 0.6) is 0 Å². The Hall–Kier alpha value is -1.88. The predicted octanol–water partition coefficient (Wildman–Crippen LogP) is 0.791. The smallest absolute Gasteiger partial charge is 0.251 e. The molecule has 0 heterocycles. The lowest BCUT2D eigenvalue weighted by Crippen LogP contribution is -2.50. The van der Waals surface area contributed by atoms with E-state index in [-0.39, 0.29) is 17.2 Å². The Bertz CT molecular complexity index is 487. The van der Waals surface area contributed by atoms with Crippen molar-refractivity contribution < 1.29 is 9.59 Å². The van der Waals surface area contributed by atoms with Crippen molar-refractivity contribution in [3.05, 3.63) is 35.4 Å². The third-order valence-electron chi connectivity index (χ3n) is 4.08. The second kappa shape index (κ2) is 6.05. The number of benzene rings is 1. The zero-order valence-electron chi connectivity index (χ0n) is 11.7. The topological polar surface area (TPSA) is 84.2 Å². The summed E-state index contributed by atoms with van der Waals surface area (Å²) in [5.74, 6) is -0.0706. The molecule has 5 nitrogen and oxygen atoms in total. The van der Waals surface area contributed by atoms with E-state index in [1.165, 1.54) is 0 Å². The Labute approximate surface area is 118 Å². The highest BCUT2D eigenvalue weighted by molar-refractivity contribution is 5.93. The highest BCUT2D eigenvalue weighted by Crippen LogP contribution is 2.40. The molecule has 108 valence electrons. The van der Waals surface area contributed by atoms with Crippen LogP contribution in [0.25, 0.3) is 0 Å². The van der Waals surface area contributed by atoms with E-state index in [1.54, 1.807) is 19.2 Å². The highest BCUT2D eigenvalue weighted by atomic mass is 16.2. The molecule has 20 heavy (non-hydrogen) atoms. The Morgan fingerprint density at radius 3 is 2.35 bits per heavy atom. The molecule has 1 aromatic carbocycles. The zero-order chi connectivity index (χ0) is 14.6. The fourth-order valence-corrected chi connectivity index (χ4v) is 2.42. The van der Waals surface area contributed by atoms with E-state index in [0.29, 0.717) is 18.7 Å². The van der Waals surface area contributed by atoms with Crippen molar-refractivity contribution in [2.45, 2.75) is 25.8 Å². The van der Waals surface area contributed by atoms with Gasteiger partial charge in [-0.3, -0.25) is 9.59 Å². The van der Waals surface area contributed by atoms with Crippen LogP contribution in [-0.2, 0) is 11.3 Å². The SMILES string of the molecule is CNC(=O)c1ccc(CNC(=O)C2(CN)CCC2)cc1. The van der Waals surface area contributed by atoms with Gasteiger partial charge in [-0.15, -0.1) is 0 Å². The number of nitrogens with two attached hydrogens (primary N) is 1. The number of carbonyl (C=O) groups excluding carboxylic acids is 2. The maximum atomic E-state index is 12.1. The van der Waals surface area contributed by atoms with Gasteiger partial charge in [-0.05, 0) is 30.5 Å². The van der Waals surface area contributed by atoms with Gasteiger partial charge in [0.15, 0.2) is 0 Å². The predicted molar refractivity (Wildman–Crippen MR) is 77.0 cm³/mol. The molecule has 0 aromatic heterocycles. The van der Waals surface area contributed by atoms with E-state index >= 15 is 0 Å². The average Bonchev–Trinajstić information content (AvgIpc) is 2.44. The molecule has 5 heteroatoms. The van der Waals surface area contributed by atoms with Crippen molar-refractivity contribution in [3.63, 3.8) is 0 Å². The number of hydrogen-bond acceptors (Lipinski definition) is 3. The van der Waals surface area contributed by atoms with Gasteiger partial charge in [0.05, 0.1) is 5.41 Å². The van der Waals surface area contributed by atoms with Crippen molar-refractivity contribution >= 4 is 11.8 Å². The van der Waals surface area contributed by atoms with E-state index in [1.807, 2.05) is 12.1 Å². The summed E-state index contributed by atoms with van der Waals surface area (Å²) >= 11 is 0. The van der Waals surface area contributed by atoms with Gasteiger partial charge < -0.3 is 16.4 Å². The first-order valence-electron chi connectivity index (χ1n) is 6.91. The van der Waals surface area contributed by atoms with Crippen LogP contribution in [0.3, 0.4) is 0 Å². The van der Waals surface area contributed by atoms with Crippen molar-refractivity contribution in [2.24, 2.45) is 11.1 Å². The average molecular weight is 275 g/mol. The summed E-state index contributed by atoms with van der Waals surface area (Å²) in [4.78, 5) is 23.5. The lowest BCUT2D eigenvalue weighted by Gasteiger charge is -2.39. The van der Waals surface area contributed by atoms with Gasteiger partial charge in [0.25, 0.3) is 5.91 Å². The van der Waals surface area contributed by atoms with E-state index < -0.39 is 0 Å². The van der Waals surface area contributed by atoms with Crippen molar-refractivity contribution in [1.82, 2.24) is 10.6 Å². The van der Waals surface area contributed by atoms with Gasteiger partial charge in [0.2, 0.25) is 5.91 Å². The van der Waals surface area contributed by atoms with E-state index in [0.717, 1.165) is 24.8 Å². The van der Waals surface area contributed by atoms with Crippen LogP contribution in [-0.4, -0.2) is 25.4 Å². The first-order valence-corrected chi connectivity index (χ1v) is 6.91. The molecule has 0 radical (unpaired) electrons. The largest absolute Gasteiger partial charge is 0.355 e. The molecular formula is C15H21N3O2. The minimum Gasteiger partial charge on any atom is -0.355 e. The molecule has 0 spiro atoms. The molecule has 1 aromatic rings. The summed E-state index contributed by atoms with van der Waals surface area (Å²) in [5.41, 5.74) is 6.94. The quantitative estimate of drug-likeness (QED) is 0.743. The number of amides is 2. The van der Waals surface area contributed by atoms with E-state index in [9.17, 15) is 9.59 Å². The fraction of sp³-hybridized carbons (Fsp3) is 0.467. The van der Waals surface area contributed by atoms with E-state index in [2.05, 4.69) is 10.6 Å². The van der Waals surface area contributed by atoms with Gasteiger partial charge in [-0.2, -0.15) is 0 Å². The van der Waals surface area contributed by atoms with Crippen LogP contribution >= 0.6 is 0 Å². The zero-order valence-corrected chi connectivity index (χ0v) is 11.7. The monoisotopic (exact) mass is 275 g/mol. The lowest BCUT2D eigenvalue weighted by molar-refractivity contribution is -0.135. The molecule has 1 aliphatic carbocycles. The maximum absolute atomic E-state index is 12.1. The minimum atomic E-state index is -0.345. The maximum Gasteiger partial charge on any atom is 0.251 e. The van der Waals surface area contributed by atoms with Crippen molar-refractivity contribution in [1.29, 1.82) is 0 Å². The van der Waals surface area contributed by atoms with Crippen LogP contribution in [0, 0.1) is 5.41 Å². The van der Waals surface area contributed by atoms with Crippen molar-refractivity contribution in [3.8, 4) is 0 Å². The van der Waals surface area contributed by atoms with Gasteiger partial charge in [-0.25, -0.2) is 0 Å². The van der Waals surface area contributed by atoms with Crippen LogP contribution in [0.4, 0.5) is 0 Å². The van der Waals surface area contributed by atoms with Crippen LogP contribution in [0.15, 0.2) is 24.3 Å². The summed E-state index contributed by atoms with van der Waals surface area (Å²) in [6, 6.07) is 7.20. The molecule has 0 saturated heterocycles. The lowest BCUT2D eigenvalue weighted by atomic mass is 9.68. The molecule has 0 unspecified atom stereocenters. The van der Waals surface area contributed by atoms with Gasteiger partial charge in [0.1, 0.15) is 0 Å². The molecule has 1 saturated carbocycles. The molecule has 2 amide bonds. The van der Waals surface area contributed by atoms with Gasteiger partial charge >= 0.3 is 0 Å². The third kappa shape index (κ3) is 2.82. The summed E-state index contributed by atoms with van der Waals surface area (Å²) in [6.07, 6.45) is 2.83. The molecule has 0 bridgehead atoms. The third-order valence-corrected chi connectivity index (χ3v) is 4.08. The molecule has 1 fully saturated rings. The first-order chi connectivity index (χ1) is 9.61. The number of hydrogen-bond donors (Lipinski definition) is 3. The van der Waals surface area contributed by atoms with Gasteiger partial charge in [-0.1, -0.05) is 18.6 Å². The Balaban J connectivity index is 1.91. The van der Waals surface area contributed by atoms with Gasteiger partial charge in [0, 0.05) is 25.7 Å². The second-order valence-electron chi connectivity index (χ2n) is 5.30. The number of rotatable bonds is 5. The molecule has 1 aliphatic rings. The van der Waals surface area contributed by atoms with E-state index in [4.69, 9.17) is 5.73 Å². The molecule has 0 atom stereocenters. The van der Waals surface area contributed by atoms with Crippen LogP contribution in [0.1, 0.15) is 35.2 Å². The van der Waals surface area contributed by atoms with Crippen molar-refractivity contribution in [2.75, 3.05) is 13.6 Å². The Kier molecular flexibility index (Phi) is 4.39. The standard InChI is InChI=1S/C15H21N3O2/c1-17-13(19)12-5-3-11(4-6-12)9-18-14(20)15(10-16)7-2-8-15/h3-6H,2,7-10,16H2,1H3,(H,17,19)(H,18,20). The van der Waals surface area contributed by atoms with Crippen LogP contribution < -0.4 is 16.4 Å². The highest BCUT2D eigenvalue weighted by Gasteiger charge is 2.42. The normalized spacial score (nSPS) is 16.1. The molecular weight excluding hydrogens is 254 g/mol. The summed E-state index contributed by atoms with van der Waals surface area (Å²) in [7, 11) is 1.60. The van der Waals surface area contributed by atoms with Crippen LogP contribution in [0.2, 0.25) is 0 Å². The summed E-state index contributed by atoms with van der Waals surface area (Å²) < 4.78 is 0. The molecule has 4 N–H and O–H groups in total.